The van der Waals surface area contributed by atoms with Gasteiger partial charge in [-0.05, 0) is 77.7 Å². The Morgan fingerprint density at radius 2 is 1.40 bits per heavy atom. The molecule has 13 nitrogen and oxygen atoms in total. The number of ether oxygens (including phenoxy) is 2. The van der Waals surface area contributed by atoms with Crippen LogP contribution in [0.4, 0.5) is 0 Å². The number of hydrogen-bond acceptors (Lipinski definition) is 10. The molecule has 2 aromatic heterocycles. The fraction of sp³-hybridized carbons (Fsp3) is 0.158. The van der Waals surface area contributed by atoms with Crippen LogP contribution in [0, 0.1) is 0 Å². The number of benzene rings is 5. The number of rotatable bonds is 7. The van der Waals surface area contributed by atoms with Crippen LogP contribution in [0.2, 0.25) is 0 Å². The van der Waals surface area contributed by atoms with Gasteiger partial charge in [0.15, 0.2) is 0 Å². The molecule has 0 aliphatic carbocycles. The molecule has 5 aromatic carbocycles. The standard InChI is InChI=1S/C32H23N4O7P.C6H12N2/c1-41-31(37)18-7-10-24-26(13-18)35-29(33-24)20-5-3-4-16-12-17-6-9-21(28(43-44(39)40)23(17)15-22(16)20)30-34-25-11-8-19(32(38)42-2)14-27(25)36-30;1-3-8-5-4-7(2)6-8/h3-15,44H,1-2H3,(H,33,35)(H,34,36)(H,39,40);4-5H,3,6H2,1-2H3. The summed E-state index contributed by atoms with van der Waals surface area (Å²) in [6, 6.07) is 23.4. The number of aromatic nitrogens is 4. The van der Waals surface area contributed by atoms with Crippen LogP contribution in [0.15, 0.2) is 91.3 Å². The van der Waals surface area contributed by atoms with Gasteiger partial charge in [0.05, 0.1) is 59.6 Å². The first kappa shape index (κ1) is 34.3. The van der Waals surface area contributed by atoms with Crippen molar-refractivity contribution in [1.29, 1.82) is 0 Å². The molecule has 1 aliphatic heterocycles. The Balaban J connectivity index is 0.000000466. The minimum atomic E-state index is -3.41. The molecule has 0 saturated heterocycles. The maximum Gasteiger partial charge on any atom is 0.365 e. The van der Waals surface area contributed by atoms with E-state index >= 15 is 0 Å². The molecule has 3 N–H and O–H groups in total. The SMILES string of the molecule is CCN1C=CN(C)C1.COC(=O)c1ccc2[nH]c(-c3ccc4cc5cccc(-c6nc7cc(C(=O)OC)ccc7[nH]6)c5cc4c3O[PH](=O)O)nc2c1. The Bertz CT molecular complexity index is 2560. The predicted octanol–water partition coefficient (Wildman–Crippen LogP) is 7.10. The monoisotopic (exact) mass is 718 g/mol. The second-order valence-electron chi connectivity index (χ2n) is 12.1. The van der Waals surface area contributed by atoms with Crippen LogP contribution < -0.4 is 4.52 Å². The van der Waals surface area contributed by atoms with Crippen molar-refractivity contribution < 1.29 is 33.0 Å². The first-order valence-electron chi connectivity index (χ1n) is 16.4. The van der Waals surface area contributed by atoms with Crippen molar-refractivity contribution in [3.05, 3.63) is 102 Å². The number of imidazole rings is 2. The van der Waals surface area contributed by atoms with E-state index in [2.05, 4.69) is 51.1 Å². The van der Waals surface area contributed by atoms with Crippen molar-refractivity contribution in [3.8, 4) is 28.5 Å². The minimum absolute atomic E-state index is 0.185. The molecule has 14 heteroatoms. The summed E-state index contributed by atoms with van der Waals surface area (Å²) in [6.45, 7) is 4.32. The summed E-state index contributed by atoms with van der Waals surface area (Å²) in [5, 5.41) is 3.11. The second-order valence-corrected chi connectivity index (χ2v) is 12.9. The summed E-state index contributed by atoms with van der Waals surface area (Å²) >= 11 is 0. The van der Waals surface area contributed by atoms with E-state index < -0.39 is 20.2 Å². The third-order valence-electron chi connectivity index (χ3n) is 8.82. The number of nitrogens with one attached hydrogen (secondary N) is 2. The van der Waals surface area contributed by atoms with E-state index in [9.17, 15) is 19.0 Å². The first-order valence-corrected chi connectivity index (χ1v) is 17.6. The zero-order valence-corrected chi connectivity index (χ0v) is 29.8. The number of carbonyl (C=O) groups is 2. The van der Waals surface area contributed by atoms with Gasteiger partial charge < -0.3 is 38.7 Å². The van der Waals surface area contributed by atoms with Gasteiger partial charge in [-0.15, -0.1) is 0 Å². The van der Waals surface area contributed by atoms with Crippen molar-refractivity contribution in [2.75, 3.05) is 34.5 Å². The Kier molecular flexibility index (Phi) is 9.37. The van der Waals surface area contributed by atoms with Gasteiger partial charge >= 0.3 is 20.2 Å². The van der Waals surface area contributed by atoms with Crippen LogP contribution in [0.5, 0.6) is 5.75 Å². The minimum Gasteiger partial charge on any atom is -0.465 e. The van der Waals surface area contributed by atoms with Crippen LogP contribution in [0.1, 0.15) is 27.6 Å². The molecular weight excluding hydrogens is 683 g/mol. The number of H-pyrrole nitrogens is 2. The number of nitrogens with zero attached hydrogens (tertiary/aromatic N) is 4. The molecule has 0 fully saturated rings. The lowest BCUT2D eigenvalue weighted by atomic mass is 9.97. The van der Waals surface area contributed by atoms with Gasteiger partial charge in [0.1, 0.15) is 17.4 Å². The maximum absolute atomic E-state index is 12.1. The van der Waals surface area contributed by atoms with Gasteiger partial charge in [-0.25, -0.2) is 24.1 Å². The first-order chi connectivity index (χ1) is 25.1. The molecule has 0 spiro atoms. The van der Waals surface area contributed by atoms with E-state index in [0.717, 1.165) is 40.5 Å². The van der Waals surface area contributed by atoms with Crippen LogP contribution in [0.3, 0.4) is 0 Å². The molecule has 8 rings (SSSR count). The molecular formula is C38H35N6O7P. The van der Waals surface area contributed by atoms with E-state index in [0.29, 0.717) is 50.3 Å². The Hall–Kier alpha value is -6.17. The van der Waals surface area contributed by atoms with Crippen LogP contribution >= 0.6 is 8.25 Å². The Morgan fingerprint density at radius 3 is 1.94 bits per heavy atom. The lowest BCUT2D eigenvalue weighted by molar-refractivity contribution is 0.0592. The van der Waals surface area contributed by atoms with Gasteiger partial charge in [-0.1, -0.05) is 24.3 Å². The fourth-order valence-electron chi connectivity index (χ4n) is 6.21. The zero-order chi connectivity index (χ0) is 36.5. The van der Waals surface area contributed by atoms with Crippen molar-refractivity contribution in [1.82, 2.24) is 29.7 Å². The fourth-order valence-corrected chi connectivity index (χ4v) is 6.61. The third kappa shape index (κ3) is 6.67. The molecule has 52 heavy (non-hydrogen) atoms. The van der Waals surface area contributed by atoms with Gasteiger partial charge in [-0.2, -0.15) is 0 Å². The summed E-state index contributed by atoms with van der Waals surface area (Å²) in [5.41, 5.74) is 4.52. The van der Waals surface area contributed by atoms with Crippen LogP contribution in [0.25, 0.3) is 66.4 Å². The lowest BCUT2D eigenvalue weighted by Crippen LogP contribution is -2.21. The van der Waals surface area contributed by atoms with Crippen LogP contribution in [-0.4, -0.2) is 81.0 Å². The molecule has 7 aromatic rings. The predicted molar refractivity (Wildman–Crippen MR) is 200 cm³/mol. The van der Waals surface area contributed by atoms with E-state index in [4.69, 9.17) is 19.0 Å². The summed E-state index contributed by atoms with van der Waals surface area (Å²) < 4.78 is 27.3. The lowest BCUT2D eigenvalue weighted by Gasteiger charge is -2.14. The highest BCUT2D eigenvalue weighted by Crippen LogP contribution is 2.43. The third-order valence-corrected chi connectivity index (χ3v) is 9.20. The number of hydrogen-bond donors (Lipinski definition) is 3. The van der Waals surface area contributed by atoms with E-state index in [1.807, 2.05) is 36.4 Å². The summed E-state index contributed by atoms with van der Waals surface area (Å²) in [6.07, 6.45) is 4.20. The molecule has 1 atom stereocenters. The normalized spacial score (nSPS) is 13.1. The number of methoxy groups -OCH3 is 2. The van der Waals surface area contributed by atoms with E-state index in [-0.39, 0.29) is 5.75 Å². The van der Waals surface area contributed by atoms with Crippen molar-refractivity contribution in [3.63, 3.8) is 0 Å². The smallest absolute Gasteiger partial charge is 0.365 e. The molecule has 0 saturated carbocycles. The van der Waals surface area contributed by atoms with E-state index in [1.165, 1.54) is 14.2 Å². The van der Waals surface area contributed by atoms with Gasteiger partial charge in [0.2, 0.25) is 0 Å². The molecule has 0 radical (unpaired) electrons. The molecule has 1 aliphatic rings. The molecule has 0 amide bonds. The van der Waals surface area contributed by atoms with Gasteiger partial charge in [0.25, 0.3) is 0 Å². The average molecular weight is 719 g/mol. The Morgan fingerprint density at radius 1 is 0.788 bits per heavy atom. The van der Waals surface area contributed by atoms with E-state index in [1.54, 1.807) is 42.5 Å². The highest BCUT2D eigenvalue weighted by atomic mass is 31.1. The topological polar surface area (TPSA) is 163 Å². The van der Waals surface area contributed by atoms with Crippen molar-refractivity contribution in [2.45, 2.75) is 6.92 Å². The van der Waals surface area contributed by atoms with Crippen molar-refractivity contribution >= 4 is 63.8 Å². The molecule has 264 valence electrons. The average Bonchev–Trinajstić information content (AvgIpc) is 3.90. The second kappa shape index (κ2) is 14.2. The summed E-state index contributed by atoms with van der Waals surface area (Å²) in [4.78, 5) is 54.3. The quantitative estimate of drug-likeness (QED) is 0.0876. The molecule has 3 heterocycles. The van der Waals surface area contributed by atoms with Crippen molar-refractivity contribution in [2.24, 2.45) is 0 Å². The number of aromatic amines is 2. The van der Waals surface area contributed by atoms with Gasteiger partial charge in [-0.3, -0.25) is 0 Å². The summed E-state index contributed by atoms with van der Waals surface area (Å²) in [5.74, 6) is 0.230. The Labute approximate surface area is 298 Å². The summed E-state index contributed by atoms with van der Waals surface area (Å²) in [7, 11) is 1.30. The molecule has 1 unspecified atom stereocenters. The number of carbonyl (C=O) groups excluding carboxylic acids is 2. The highest BCUT2D eigenvalue weighted by Gasteiger charge is 2.19. The largest absolute Gasteiger partial charge is 0.465 e. The number of esters is 2. The molecule has 0 bridgehead atoms. The van der Waals surface area contributed by atoms with Crippen LogP contribution in [-0.2, 0) is 14.0 Å². The number of fused-ring (bicyclic) bond motifs is 4. The maximum atomic E-state index is 12.1. The van der Waals surface area contributed by atoms with Gasteiger partial charge in [0, 0.05) is 36.9 Å². The highest BCUT2D eigenvalue weighted by molar-refractivity contribution is 7.32. The zero-order valence-electron chi connectivity index (χ0n) is 28.8.